The molecule has 0 saturated carbocycles. The van der Waals surface area contributed by atoms with Crippen LogP contribution < -0.4 is 9.64 Å². The number of methoxy groups -OCH3 is 1. The smallest absolute Gasteiger partial charge is 0.260 e. The Balaban J connectivity index is 1.73. The van der Waals surface area contributed by atoms with Crippen LogP contribution in [-0.2, 0) is 12.0 Å². The maximum absolute atomic E-state index is 13.6. The lowest BCUT2D eigenvalue weighted by molar-refractivity contribution is 0.0984. The number of ether oxygens (including phenoxy) is 1. The van der Waals surface area contributed by atoms with Crippen molar-refractivity contribution in [3.8, 4) is 5.75 Å². The molecule has 0 N–H and O–H groups in total. The molecule has 0 fully saturated rings. The van der Waals surface area contributed by atoms with E-state index in [1.807, 2.05) is 60.7 Å². The molecule has 0 bridgehead atoms. The third-order valence-electron chi connectivity index (χ3n) is 5.10. The molecule has 0 atom stereocenters. The first-order valence-corrected chi connectivity index (χ1v) is 10.9. The van der Waals surface area contributed by atoms with Crippen molar-refractivity contribution in [1.29, 1.82) is 0 Å². The van der Waals surface area contributed by atoms with Crippen LogP contribution in [0.25, 0.3) is 10.2 Å². The van der Waals surface area contributed by atoms with Crippen LogP contribution in [0.2, 0.25) is 0 Å². The normalized spacial score (nSPS) is 11.5. The molecular formula is C25H25N3O2S. The van der Waals surface area contributed by atoms with E-state index in [-0.39, 0.29) is 11.3 Å². The molecule has 0 spiro atoms. The quantitative estimate of drug-likeness (QED) is 0.398. The summed E-state index contributed by atoms with van der Waals surface area (Å²) >= 11 is 1.47. The average molecular weight is 432 g/mol. The summed E-state index contributed by atoms with van der Waals surface area (Å²) in [6.45, 7) is 6.82. The van der Waals surface area contributed by atoms with E-state index in [0.717, 1.165) is 21.7 Å². The van der Waals surface area contributed by atoms with Crippen molar-refractivity contribution >= 4 is 32.6 Å². The van der Waals surface area contributed by atoms with Gasteiger partial charge >= 0.3 is 0 Å². The predicted octanol–water partition coefficient (Wildman–Crippen LogP) is 5.84. The fraction of sp³-hybridized carbons (Fsp3) is 0.240. The van der Waals surface area contributed by atoms with Crippen molar-refractivity contribution in [2.45, 2.75) is 32.7 Å². The summed E-state index contributed by atoms with van der Waals surface area (Å²) in [7, 11) is 1.64. The highest BCUT2D eigenvalue weighted by atomic mass is 32.1. The molecule has 158 valence electrons. The highest BCUT2D eigenvalue weighted by molar-refractivity contribution is 7.22. The Labute approximate surface area is 186 Å². The Bertz CT molecular complexity index is 1200. The third-order valence-corrected chi connectivity index (χ3v) is 6.15. The first-order chi connectivity index (χ1) is 14.8. The SMILES string of the molecule is COc1ccc2nc(N(Cc3ccccn3)C(=O)c3ccc(C(C)(C)C)cc3)sc2c1. The molecule has 0 aliphatic carbocycles. The van der Waals surface area contributed by atoms with Crippen LogP contribution in [0.4, 0.5) is 5.13 Å². The topological polar surface area (TPSA) is 55.3 Å². The molecule has 0 aliphatic heterocycles. The van der Waals surface area contributed by atoms with E-state index >= 15 is 0 Å². The van der Waals surface area contributed by atoms with E-state index in [2.05, 4.69) is 25.8 Å². The number of thiazole rings is 1. The average Bonchev–Trinajstić information content (AvgIpc) is 3.20. The molecule has 1 amide bonds. The largest absolute Gasteiger partial charge is 0.497 e. The van der Waals surface area contributed by atoms with E-state index in [4.69, 9.17) is 9.72 Å². The Kier molecular flexibility index (Phi) is 5.74. The molecule has 31 heavy (non-hydrogen) atoms. The minimum Gasteiger partial charge on any atom is -0.497 e. The van der Waals surface area contributed by atoms with Gasteiger partial charge < -0.3 is 4.74 Å². The molecule has 0 unspecified atom stereocenters. The van der Waals surface area contributed by atoms with Gasteiger partial charge in [0.2, 0.25) is 0 Å². The molecule has 2 heterocycles. The maximum atomic E-state index is 13.6. The van der Waals surface area contributed by atoms with Crippen molar-refractivity contribution in [3.63, 3.8) is 0 Å². The van der Waals surface area contributed by atoms with Gasteiger partial charge in [0.15, 0.2) is 5.13 Å². The second-order valence-electron chi connectivity index (χ2n) is 8.37. The van der Waals surface area contributed by atoms with E-state index in [9.17, 15) is 4.79 Å². The van der Waals surface area contributed by atoms with Gasteiger partial charge in [-0.15, -0.1) is 0 Å². The van der Waals surface area contributed by atoms with Crippen LogP contribution >= 0.6 is 11.3 Å². The summed E-state index contributed by atoms with van der Waals surface area (Å²) in [5.74, 6) is 0.667. The lowest BCUT2D eigenvalue weighted by Crippen LogP contribution is -2.30. The summed E-state index contributed by atoms with van der Waals surface area (Å²) in [5.41, 5.74) is 3.48. The van der Waals surface area contributed by atoms with Crippen LogP contribution in [0.15, 0.2) is 66.9 Å². The number of anilines is 1. The van der Waals surface area contributed by atoms with Gasteiger partial charge in [-0.3, -0.25) is 14.7 Å². The number of carbonyl (C=O) groups is 1. The van der Waals surface area contributed by atoms with E-state index in [1.165, 1.54) is 16.9 Å². The van der Waals surface area contributed by atoms with Crippen LogP contribution in [0, 0.1) is 0 Å². The number of fused-ring (bicyclic) bond motifs is 1. The fourth-order valence-corrected chi connectivity index (χ4v) is 4.28. The summed E-state index contributed by atoms with van der Waals surface area (Å²) in [6, 6.07) is 19.3. The van der Waals surface area contributed by atoms with Crippen LogP contribution in [-0.4, -0.2) is 23.0 Å². The highest BCUT2D eigenvalue weighted by Gasteiger charge is 2.23. The van der Waals surface area contributed by atoms with Gasteiger partial charge in [0, 0.05) is 11.8 Å². The first kappa shape index (κ1) is 21.0. The van der Waals surface area contributed by atoms with E-state index in [1.54, 1.807) is 18.2 Å². The zero-order valence-corrected chi connectivity index (χ0v) is 18.9. The standard InChI is InChI=1S/C25H25N3O2S/c1-25(2,3)18-10-8-17(9-11-18)23(29)28(16-19-7-5-6-14-26-19)24-27-21-13-12-20(30-4)15-22(21)31-24/h5-15H,16H2,1-4H3. The highest BCUT2D eigenvalue weighted by Crippen LogP contribution is 2.33. The number of rotatable bonds is 5. The second kappa shape index (κ2) is 8.47. The summed E-state index contributed by atoms with van der Waals surface area (Å²) in [5, 5.41) is 0.638. The van der Waals surface area contributed by atoms with Crippen molar-refractivity contribution < 1.29 is 9.53 Å². The van der Waals surface area contributed by atoms with Crippen LogP contribution in [0.1, 0.15) is 42.4 Å². The van der Waals surface area contributed by atoms with Crippen LogP contribution in [0.3, 0.4) is 0 Å². The molecule has 0 saturated heterocycles. The summed E-state index contributed by atoms with van der Waals surface area (Å²) in [6.07, 6.45) is 1.74. The molecule has 5 nitrogen and oxygen atoms in total. The second-order valence-corrected chi connectivity index (χ2v) is 9.38. The minimum atomic E-state index is -0.0999. The molecule has 0 aliphatic rings. The van der Waals surface area contributed by atoms with E-state index in [0.29, 0.717) is 17.2 Å². The van der Waals surface area contributed by atoms with Gasteiger partial charge in [-0.25, -0.2) is 4.98 Å². The van der Waals surface area contributed by atoms with Gasteiger partial charge in [0.05, 0.1) is 29.6 Å². The number of hydrogen-bond donors (Lipinski definition) is 0. The lowest BCUT2D eigenvalue weighted by Gasteiger charge is -2.21. The number of carbonyl (C=O) groups excluding carboxylic acids is 1. The molecule has 0 radical (unpaired) electrons. The Morgan fingerprint density at radius 2 is 1.84 bits per heavy atom. The lowest BCUT2D eigenvalue weighted by atomic mass is 9.86. The monoisotopic (exact) mass is 431 g/mol. The van der Waals surface area contributed by atoms with Crippen LogP contribution in [0.5, 0.6) is 5.75 Å². The van der Waals surface area contributed by atoms with Crippen molar-refractivity contribution in [2.75, 3.05) is 12.0 Å². The number of hydrogen-bond acceptors (Lipinski definition) is 5. The summed E-state index contributed by atoms with van der Waals surface area (Å²) in [4.78, 5) is 24.4. The zero-order chi connectivity index (χ0) is 22.0. The molecule has 2 aromatic heterocycles. The van der Waals surface area contributed by atoms with E-state index < -0.39 is 0 Å². The molecule has 4 rings (SSSR count). The van der Waals surface area contributed by atoms with Gasteiger partial charge in [0.25, 0.3) is 5.91 Å². The van der Waals surface area contributed by atoms with Gasteiger partial charge in [-0.1, -0.05) is 50.3 Å². The Morgan fingerprint density at radius 1 is 1.06 bits per heavy atom. The first-order valence-electron chi connectivity index (χ1n) is 10.1. The molecular weight excluding hydrogens is 406 g/mol. The molecule has 2 aromatic carbocycles. The Morgan fingerprint density at radius 3 is 2.48 bits per heavy atom. The third kappa shape index (κ3) is 4.59. The molecule has 4 aromatic rings. The molecule has 6 heteroatoms. The Hall–Kier alpha value is -3.25. The number of amides is 1. The van der Waals surface area contributed by atoms with Crippen molar-refractivity contribution in [3.05, 3.63) is 83.7 Å². The van der Waals surface area contributed by atoms with Gasteiger partial charge in [-0.2, -0.15) is 0 Å². The van der Waals surface area contributed by atoms with Gasteiger partial charge in [0.1, 0.15) is 5.75 Å². The van der Waals surface area contributed by atoms with Gasteiger partial charge in [-0.05, 0) is 53.4 Å². The number of aromatic nitrogens is 2. The number of nitrogens with zero attached hydrogens (tertiary/aromatic N) is 3. The summed E-state index contributed by atoms with van der Waals surface area (Å²) < 4.78 is 6.30. The zero-order valence-electron chi connectivity index (χ0n) is 18.1. The van der Waals surface area contributed by atoms with Crippen molar-refractivity contribution in [2.24, 2.45) is 0 Å². The number of benzene rings is 2. The maximum Gasteiger partial charge on any atom is 0.260 e. The fourth-order valence-electron chi connectivity index (χ4n) is 3.28. The van der Waals surface area contributed by atoms with Crippen molar-refractivity contribution in [1.82, 2.24) is 9.97 Å². The predicted molar refractivity (Wildman–Crippen MR) is 126 cm³/mol. The minimum absolute atomic E-state index is 0.0291. The number of pyridine rings is 1.